The zero-order valence-corrected chi connectivity index (χ0v) is 10.9. The first-order chi connectivity index (χ1) is 8.76. The molecule has 4 saturated carbocycles. The Labute approximate surface area is 107 Å². The molecule has 0 saturated heterocycles. The van der Waals surface area contributed by atoms with Crippen LogP contribution in [0.1, 0.15) is 49.5 Å². The summed E-state index contributed by atoms with van der Waals surface area (Å²) in [6.07, 6.45) is 7.07. The third-order valence-electron chi connectivity index (χ3n) is 5.58. The molecule has 1 heterocycles. The summed E-state index contributed by atoms with van der Waals surface area (Å²) in [5.41, 5.74) is 4.83. The van der Waals surface area contributed by atoms with Crippen molar-refractivity contribution in [1.82, 2.24) is 5.16 Å². The number of hydrogen-bond donors (Lipinski definition) is 2. The molecule has 0 aromatic carbocycles. The molecule has 0 aliphatic heterocycles. The summed E-state index contributed by atoms with van der Waals surface area (Å²) in [5, 5.41) is 4.32. The molecule has 0 atom stereocenters. The van der Waals surface area contributed by atoms with E-state index in [4.69, 9.17) is 10.4 Å². The molecule has 4 fully saturated rings. The van der Waals surface area contributed by atoms with Crippen LogP contribution < -0.4 is 11.3 Å². The third-order valence-corrected chi connectivity index (χ3v) is 5.58. The predicted molar refractivity (Wildman–Crippen MR) is 68.8 cm³/mol. The minimum atomic E-state index is 0.585. The van der Waals surface area contributed by atoms with Gasteiger partial charge in [-0.15, -0.1) is 0 Å². The molecule has 3 N–H and O–H groups in total. The minimum Gasteiger partial charge on any atom is -0.359 e. The van der Waals surface area contributed by atoms with Gasteiger partial charge in [-0.3, -0.25) is 5.84 Å². The Kier molecular flexibility index (Phi) is 2.25. The van der Waals surface area contributed by atoms with E-state index in [1.54, 1.807) is 0 Å². The Hall–Kier alpha value is -1.03. The van der Waals surface area contributed by atoms with E-state index < -0.39 is 0 Å². The number of aryl methyl sites for hydroxylation is 1. The number of nitrogen functional groups attached to an aromatic ring is 1. The molecular weight excluding hydrogens is 226 g/mol. The van der Waals surface area contributed by atoms with Crippen LogP contribution in [0.2, 0.25) is 0 Å². The molecule has 5 rings (SSSR count). The van der Waals surface area contributed by atoms with Gasteiger partial charge >= 0.3 is 0 Å². The first-order valence-electron chi connectivity index (χ1n) is 7.19. The number of rotatable bonds is 2. The summed E-state index contributed by atoms with van der Waals surface area (Å²) in [5.74, 6) is 10.7. The number of hydrazine groups is 1. The standard InChI is InChI=1S/C14H21N3O/c1-7-13(16-15)14(17-18-7)12-10-3-8-2-9(5-10)6-11(12)4-8/h8-12,16H,2-6,15H2,1H3. The Morgan fingerprint density at radius 3 is 2.28 bits per heavy atom. The van der Waals surface area contributed by atoms with E-state index >= 15 is 0 Å². The third kappa shape index (κ3) is 1.38. The zero-order valence-electron chi connectivity index (χ0n) is 10.9. The van der Waals surface area contributed by atoms with Gasteiger partial charge in [-0.25, -0.2) is 0 Å². The van der Waals surface area contributed by atoms with E-state index in [9.17, 15) is 0 Å². The maximum absolute atomic E-state index is 5.64. The van der Waals surface area contributed by atoms with E-state index in [2.05, 4.69) is 10.6 Å². The normalized spacial score (nSPS) is 41.3. The van der Waals surface area contributed by atoms with Crippen molar-refractivity contribution in [3.05, 3.63) is 11.5 Å². The fourth-order valence-corrected chi connectivity index (χ4v) is 5.16. The van der Waals surface area contributed by atoms with Crippen LogP contribution in [0.15, 0.2) is 4.52 Å². The molecule has 4 nitrogen and oxygen atoms in total. The van der Waals surface area contributed by atoms with Crippen molar-refractivity contribution < 1.29 is 4.52 Å². The Morgan fingerprint density at radius 2 is 1.72 bits per heavy atom. The molecule has 1 aromatic rings. The molecule has 18 heavy (non-hydrogen) atoms. The summed E-state index contributed by atoms with van der Waals surface area (Å²) >= 11 is 0. The number of aromatic nitrogens is 1. The van der Waals surface area contributed by atoms with E-state index in [0.29, 0.717) is 5.92 Å². The van der Waals surface area contributed by atoms with E-state index in [-0.39, 0.29) is 0 Å². The molecule has 1 aromatic heterocycles. The van der Waals surface area contributed by atoms with Crippen molar-refractivity contribution in [3.63, 3.8) is 0 Å². The minimum absolute atomic E-state index is 0.585. The van der Waals surface area contributed by atoms with Crippen LogP contribution in [0.4, 0.5) is 5.69 Å². The van der Waals surface area contributed by atoms with Crippen molar-refractivity contribution >= 4 is 5.69 Å². The van der Waals surface area contributed by atoms with Crippen LogP contribution in [-0.2, 0) is 0 Å². The highest BCUT2D eigenvalue weighted by Gasteiger charge is 2.50. The lowest BCUT2D eigenvalue weighted by atomic mass is 9.51. The van der Waals surface area contributed by atoms with Crippen molar-refractivity contribution in [2.24, 2.45) is 29.5 Å². The highest BCUT2D eigenvalue weighted by molar-refractivity contribution is 5.51. The molecule has 4 heteroatoms. The van der Waals surface area contributed by atoms with Crippen molar-refractivity contribution in [3.8, 4) is 0 Å². The molecule has 4 aliphatic carbocycles. The smallest absolute Gasteiger partial charge is 0.158 e. The molecule has 0 unspecified atom stereocenters. The quantitative estimate of drug-likeness (QED) is 0.623. The lowest BCUT2D eigenvalue weighted by molar-refractivity contribution is -0.00487. The first-order valence-corrected chi connectivity index (χ1v) is 7.19. The first kappa shape index (κ1) is 10.9. The van der Waals surface area contributed by atoms with Crippen LogP contribution in [0, 0.1) is 30.6 Å². The van der Waals surface area contributed by atoms with Crippen molar-refractivity contribution in [2.45, 2.75) is 44.9 Å². The van der Waals surface area contributed by atoms with Gasteiger partial charge < -0.3 is 9.95 Å². The summed E-state index contributed by atoms with van der Waals surface area (Å²) in [7, 11) is 0. The summed E-state index contributed by atoms with van der Waals surface area (Å²) in [4.78, 5) is 0. The van der Waals surface area contributed by atoms with Crippen LogP contribution in [0.5, 0.6) is 0 Å². The van der Waals surface area contributed by atoms with Crippen molar-refractivity contribution in [2.75, 3.05) is 5.43 Å². The van der Waals surface area contributed by atoms with Gasteiger partial charge in [-0.1, -0.05) is 5.16 Å². The summed E-state index contributed by atoms with van der Waals surface area (Å²) in [6.45, 7) is 1.93. The fraction of sp³-hybridized carbons (Fsp3) is 0.786. The van der Waals surface area contributed by atoms with Gasteiger partial charge in [-0.2, -0.15) is 0 Å². The molecule has 4 bridgehead atoms. The topological polar surface area (TPSA) is 64.1 Å². The molecule has 98 valence electrons. The molecule has 4 aliphatic rings. The van der Waals surface area contributed by atoms with E-state index in [0.717, 1.165) is 40.8 Å². The molecular formula is C14H21N3O. The second-order valence-electron chi connectivity index (χ2n) is 6.60. The van der Waals surface area contributed by atoms with Crippen LogP contribution in [0.25, 0.3) is 0 Å². The summed E-state index contributed by atoms with van der Waals surface area (Å²) in [6, 6.07) is 0. The van der Waals surface area contributed by atoms with Gasteiger partial charge in [0.1, 0.15) is 11.4 Å². The Bertz CT molecular complexity index is 440. The number of nitrogens with zero attached hydrogens (tertiary/aromatic N) is 1. The second-order valence-corrected chi connectivity index (χ2v) is 6.60. The Balaban J connectivity index is 1.72. The van der Waals surface area contributed by atoms with Gasteiger partial charge in [0, 0.05) is 5.92 Å². The maximum Gasteiger partial charge on any atom is 0.158 e. The molecule has 0 radical (unpaired) electrons. The second kappa shape index (κ2) is 3.73. The van der Waals surface area contributed by atoms with Gasteiger partial charge in [0.2, 0.25) is 0 Å². The number of nitrogens with one attached hydrogen (secondary N) is 1. The van der Waals surface area contributed by atoms with Crippen LogP contribution in [0.3, 0.4) is 0 Å². The van der Waals surface area contributed by atoms with Gasteiger partial charge in [0.25, 0.3) is 0 Å². The highest BCUT2D eigenvalue weighted by atomic mass is 16.5. The van der Waals surface area contributed by atoms with Crippen LogP contribution in [-0.4, -0.2) is 5.16 Å². The number of nitrogens with two attached hydrogens (primary N) is 1. The van der Waals surface area contributed by atoms with Gasteiger partial charge in [0.05, 0.1) is 0 Å². The molecule has 0 amide bonds. The maximum atomic E-state index is 5.64. The number of hydrogen-bond acceptors (Lipinski definition) is 4. The lowest BCUT2D eigenvalue weighted by Crippen LogP contribution is -2.44. The predicted octanol–water partition coefficient (Wildman–Crippen LogP) is 2.81. The fourth-order valence-electron chi connectivity index (χ4n) is 5.16. The van der Waals surface area contributed by atoms with Gasteiger partial charge in [0.15, 0.2) is 5.76 Å². The average molecular weight is 247 g/mol. The monoisotopic (exact) mass is 247 g/mol. The number of anilines is 1. The SMILES string of the molecule is Cc1onc(C2C3CC4CC(C3)CC2C4)c1NN. The Morgan fingerprint density at radius 1 is 1.11 bits per heavy atom. The lowest BCUT2D eigenvalue weighted by Gasteiger charge is -2.54. The van der Waals surface area contributed by atoms with E-state index in [1.807, 2.05) is 6.92 Å². The van der Waals surface area contributed by atoms with Crippen LogP contribution >= 0.6 is 0 Å². The van der Waals surface area contributed by atoms with Gasteiger partial charge in [-0.05, 0) is 62.7 Å². The zero-order chi connectivity index (χ0) is 12.3. The largest absolute Gasteiger partial charge is 0.359 e. The van der Waals surface area contributed by atoms with E-state index in [1.165, 1.54) is 32.1 Å². The summed E-state index contributed by atoms with van der Waals surface area (Å²) < 4.78 is 5.35. The van der Waals surface area contributed by atoms with Crippen molar-refractivity contribution in [1.29, 1.82) is 0 Å². The average Bonchev–Trinajstić information content (AvgIpc) is 2.69. The highest BCUT2D eigenvalue weighted by Crippen LogP contribution is 2.60. The molecule has 0 spiro atoms.